The van der Waals surface area contributed by atoms with Gasteiger partial charge in [0.15, 0.2) is 0 Å². The molecule has 102 valence electrons. The molecule has 1 N–H and O–H groups in total. The second-order valence-corrected chi connectivity index (χ2v) is 6.39. The van der Waals surface area contributed by atoms with Crippen molar-refractivity contribution in [2.75, 3.05) is 11.9 Å². The summed E-state index contributed by atoms with van der Waals surface area (Å²) < 4.78 is 15.1. The Labute approximate surface area is 124 Å². The Morgan fingerprint density at radius 1 is 1.42 bits per heavy atom. The van der Waals surface area contributed by atoms with Crippen molar-refractivity contribution in [1.29, 1.82) is 0 Å². The summed E-state index contributed by atoms with van der Waals surface area (Å²) in [4.78, 5) is 3.02. The van der Waals surface area contributed by atoms with Crippen molar-refractivity contribution in [2.45, 2.75) is 19.6 Å². The summed E-state index contributed by atoms with van der Waals surface area (Å²) in [6.45, 7) is 2.28. The smallest absolute Gasteiger partial charge is 0.146 e. The molecular formula is C14H15BrFNOS. The van der Waals surface area contributed by atoms with Gasteiger partial charge in [-0.2, -0.15) is 0 Å². The molecule has 5 heteroatoms. The molecule has 0 amide bonds. The average Bonchev–Trinajstić information content (AvgIpc) is 2.74. The van der Waals surface area contributed by atoms with E-state index in [2.05, 4.69) is 15.9 Å². The SMILES string of the molecule is CC(O)c1ccc(N(C)Cc2cc(Br)cs2)c(F)c1. The van der Waals surface area contributed by atoms with Crippen LogP contribution < -0.4 is 4.90 Å². The first-order chi connectivity index (χ1) is 8.97. The van der Waals surface area contributed by atoms with Crippen LogP contribution in [0.3, 0.4) is 0 Å². The first-order valence-corrected chi connectivity index (χ1v) is 7.56. The van der Waals surface area contributed by atoms with Crippen molar-refractivity contribution in [1.82, 2.24) is 0 Å². The highest BCUT2D eigenvalue weighted by Gasteiger charge is 2.11. The van der Waals surface area contributed by atoms with Crippen LogP contribution in [0.15, 0.2) is 34.1 Å². The lowest BCUT2D eigenvalue weighted by Gasteiger charge is -2.20. The molecule has 0 bridgehead atoms. The minimum Gasteiger partial charge on any atom is -0.389 e. The maximum atomic E-state index is 14.0. The topological polar surface area (TPSA) is 23.5 Å². The molecule has 1 aromatic heterocycles. The molecular weight excluding hydrogens is 329 g/mol. The summed E-state index contributed by atoms with van der Waals surface area (Å²) in [7, 11) is 1.86. The van der Waals surface area contributed by atoms with Gasteiger partial charge in [0.1, 0.15) is 5.82 Å². The summed E-state index contributed by atoms with van der Waals surface area (Å²) in [6, 6.07) is 6.88. The number of aliphatic hydroxyl groups excluding tert-OH is 1. The number of benzene rings is 1. The molecule has 1 heterocycles. The number of nitrogens with zero attached hydrogens (tertiary/aromatic N) is 1. The Bertz CT molecular complexity index is 570. The lowest BCUT2D eigenvalue weighted by atomic mass is 10.1. The maximum Gasteiger partial charge on any atom is 0.146 e. The molecule has 2 rings (SSSR count). The molecule has 0 aliphatic carbocycles. The highest BCUT2D eigenvalue weighted by atomic mass is 79.9. The van der Waals surface area contributed by atoms with E-state index in [0.717, 1.165) is 9.35 Å². The van der Waals surface area contributed by atoms with E-state index in [-0.39, 0.29) is 5.82 Å². The zero-order chi connectivity index (χ0) is 14.0. The van der Waals surface area contributed by atoms with Crippen LogP contribution in [0.1, 0.15) is 23.5 Å². The van der Waals surface area contributed by atoms with Crippen LogP contribution >= 0.6 is 27.3 Å². The third-order valence-corrected chi connectivity index (χ3v) is 4.56. The summed E-state index contributed by atoms with van der Waals surface area (Å²) in [5.74, 6) is -0.309. The highest BCUT2D eigenvalue weighted by Crippen LogP contribution is 2.26. The predicted octanol–water partition coefficient (Wildman–Crippen LogP) is 4.34. The van der Waals surface area contributed by atoms with Gasteiger partial charge >= 0.3 is 0 Å². The van der Waals surface area contributed by atoms with Gasteiger partial charge in [0.25, 0.3) is 0 Å². The van der Waals surface area contributed by atoms with Gasteiger partial charge in [-0.05, 0) is 46.6 Å². The molecule has 1 atom stereocenters. The number of aliphatic hydroxyl groups is 1. The molecule has 0 aliphatic rings. The quantitative estimate of drug-likeness (QED) is 0.892. The molecule has 0 saturated carbocycles. The lowest BCUT2D eigenvalue weighted by Crippen LogP contribution is -2.17. The van der Waals surface area contributed by atoms with Crippen LogP contribution in [0.5, 0.6) is 0 Å². The van der Waals surface area contributed by atoms with Crippen molar-refractivity contribution >= 4 is 33.0 Å². The Morgan fingerprint density at radius 2 is 2.16 bits per heavy atom. The zero-order valence-electron chi connectivity index (χ0n) is 10.7. The Morgan fingerprint density at radius 3 is 2.68 bits per heavy atom. The fraction of sp³-hybridized carbons (Fsp3) is 0.286. The third-order valence-electron chi connectivity index (χ3n) is 2.88. The number of hydrogen-bond donors (Lipinski definition) is 1. The molecule has 1 aromatic carbocycles. The Hall–Kier alpha value is -0.910. The summed E-state index contributed by atoms with van der Waals surface area (Å²) in [5, 5.41) is 11.4. The van der Waals surface area contributed by atoms with Gasteiger partial charge in [-0.1, -0.05) is 6.07 Å². The fourth-order valence-corrected chi connectivity index (χ4v) is 3.35. The molecule has 2 aromatic rings. The number of halogens is 2. The van der Waals surface area contributed by atoms with Crippen LogP contribution in [0.25, 0.3) is 0 Å². The molecule has 1 unspecified atom stereocenters. The number of anilines is 1. The minimum absolute atomic E-state index is 0.309. The Balaban J connectivity index is 2.17. The zero-order valence-corrected chi connectivity index (χ0v) is 13.1. The standard InChI is InChI=1S/C14H15BrFNOS/c1-9(18)10-3-4-14(13(16)5-10)17(2)7-12-6-11(15)8-19-12/h3-6,8-9,18H,7H2,1-2H3. The van der Waals surface area contributed by atoms with Crippen LogP contribution in [0.2, 0.25) is 0 Å². The number of rotatable bonds is 4. The van der Waals surface area contributed by atoms with E-state index < -0.39 is 6.10 Å². The number of thiophene rings is 1. The van der Waals surface area contributed by atoms with E-state index in [4.69, 9.17) is 0 Å². The van der Waals surface area contributed by atoms with Gasteiger partial charge in [-0.15, -0.1) is 11.3 Å². The summed E-state index contributed by atoms with van der Waals surface area (Å²) in [5.41, 5.74) is 1.13. The summed E-state index contributed by atoms with van der Waals surface area (Å²) >= 11 is 5.04. The van der Waals surface area contributed by atoms with E-state index in [0.29, 0.717) is 17.8 Å². The first-order valence-electron chi connectivity index (χ1n) is 5.89. The monoisotopic (exact) mass is 343 g/mol. The maximum absolute atomic E-state index is 14.0. The van der Waals surface area contributed by atoms with Gasteiger partial charge in [0, 0.05) is 21.8 Å². The van der Waals surface area contributed by atoms with Crippen molar-refractivity contribution in [3.8, 4) is 0 Å². The first kappa shape index (κ1) is 14.5. The van der Waals surface area contributed by atoms with Gasteiger partial charge < -0.3 is 10.0 Å². The van der Waals surface area contributed by atoms with Crippen molar-refractivity contribution in [2.24, 2.45) is 0 Å². The van der Waals surface area contributed by atoms with E-state index in [9.17, 15) is 9.50 Å². The molecule has 0 saturated heterocycles. The van der Waals surface area contributed by atoms with E-state index in [1.807, 2.05) is 23.4 Å². The van der Waals surface area contributed by atoms with Crippen molar-refractivity contribution in [3.63, 3.8) is 0 Å². The average molecular weight is 344 g/mol. The summed E-state index contributed by atoms with van der Waals surface area (Å²) in [6.07, 6.45) is -0.651. The van der Waals surface area contributed by atoms with Crippen LogP contribution in [-0.4, -0.2) is 12.2 Å². The van der Waals surface area contributed by atoms with E-state index in [1.165, 1.54) is 6.07 Å². The molecule has 19 heavy (non-hydrogen) atoms. The molecule has 0 fully saturated rings. The minimum atomic E-state index is -0.651. The van der Waals surface area contributed by atoms with Crippen molar-refractivity contribution < 1.29 is 9.50 Å². The fourth-order valence-electron chi connectivity index (χ4n) is 1.85. The second-order valence-electron chi connectivity index (χ2n) is 4.47. The molecule has 0 spiro atoms. The Kier molecular flexibility index (Phi) is 4.60. The van der Waals surface area contributed by atoms with Crippen LogP contribution in [-0.2, 0) is 6.54 Å². The highest BCUT2D eigenvalue weighted by molar-refractivity contribution is 9.10. The normalized spacial score (nSPS) is 12.5. The molecule has 0 aliphatic heterocycles. The van der Waals surface area contributed by atoms with Gasteiger partial charge in [0.05, 0.1) is 18.3 Å². The van der Waals surface area contributed by atoms with Gasteiger partial charge in [-0.25, -0.2) is 4.39 Å². The van der Waals surface area contributed by atoms with E-state index >= 15 is 0 Å². The lowest BCUT2D eigenvalue weighted by molar-refractivity contribution is 0.199. The second kappa shape index (κ2) is 6.03. The molecule has 2 nitrogen and oxygen atoms in total. The largest absolute Gasteiger partial charge is 0.389 e. The predicted molar refractivity (Wildman–Crippen MR) is 81.2 cm³/mol. The van der Waals surface area contributed by atoms with Gasteiger partial charge in [0.2, 0.25) is 0 Å². The number of hydrogen-bond acceptors (Lipinski definition) is 3. The van der Waals surface area contributed by atoms with Crippen LogP contribution in [0.4, 0.5) is 10.1 Å². The van der Waals surface area contributed by atoms with E-state index in [1.54, 1.807) is 30.4 Å². The van der Waals surface area contributed by atoms with Crippen LogP contribution in [0, 0.1) is 5.82 Å². The molecule has 0 radical (unpaired) electrons. The van der Waals surface area contributed by atoms with Gasteiger partial charge in [-0.3, -0.25) is 0 Å². The third kappa shape index (κ3) is 3.55. The van der Waals surface area contributed by atoms with Crippen molar-refractivity contribution in [3.05, 3.63) is 50.4 Å².